The van der Waals surface area contributed by atoms with E-state index in [2.05, 4.69) is 5.32 Å². The minimum atomic E-state index is -1.18. The van der Waals surface area contributed by atoms with Crippen LogP contribution in [0, 0.1) is 17.5 Å². The van der Waals surface area contributed by atoms with Crippen LogP contribution in [-0.4, -0.2) is 39.0 Å². The number of fused-ring (bicyclic) bond motifs is 3. The van der Waals surface area contributed by atoms with Gasteiger partial charge in [-0.05, 0) is 19.8 Å². The fraction of sp³-hybridized carbons (Fsp3) is 0.409. The van der Waals surface area contributed by atoms with Crippen LogP contribution in [0.1, 0.15) is 65.1 Å². The Labute approximate surface area is 181 Å². The van der Waals surface area contributed by atoms with E-state index in [1.165, 1.54) is 10.8 Å². The van der Waals surface area contributed by atoms with Gasteiger partial charge >= 0.3 is 0 Å². The second-order valence-corrected chi connectivity index (χ2v) is 8.02. The lowest BCUT2D eigenvalue weighted by atomic mass is 9.86. The summed E-state index contributed by atoms with van der Waals surface area (Å²) in [5.41, 5.74) is -2.22. The van der Waals surface area contributed by atoms with Crippen molar-refractivity contribution < 1.29 is 27.9 Å². The van der Waals surface area contributed by atoms with Crippen molar-refractivity contribution in [2.24, 2.45) is 0 Å². The van der Waals surface area contributed by atoms with E-state index >= 15 is 0 Å². The number of carbonyl (C=O) groups is 2. The first kappa shape index (κ1) is 21.9. The molecule has 4 rings (SSSR count). The van der Waals surface area contributed by atoms with Crippen LogP contribution in [0.2, 0.25) is 0 Å². The molecule has 1 aliphatic carbocycles. The van der Waals surface area contributed by atoms with E-state index in [0.717, 1.165) is 19.3 Å². The van der Waals surface area contributed by atoms with Crippen molar-refractivity contribution in [3.05, 3.63) is 62.8 Å². The second kappa shape index (κ2) is 8.33. The summed E-state index contributed by atoms with van der Waals surface area (Å²) in [7, 11) is 0. The zero-order valence-corrected chi connectivity index (χ0v) is 17.3. The largest absolute Gasteiger partial charge is 0.503 e. The molecule has 2 heterocycles. The van der Waals surface area contributed by atoms with Gasteiger partial charge in [0.15, 0.2) is 11.4 Å². The maximum atomic E-state index is 13.9. The minimum Gasteiger partial charge on any atom is -0.503 e. The molecule has 2 aromatic rings. The Morgan fingerprint density at radius 2 is 1.75 bits per heavy atom. The number of hydrogen-bond acceptors (Lipinski definition) is 4. The fourth-order valence-corrected chi connectivity index (χ4v) is 4.70. The predicted octanol–water partition coefficient (Wildman–Crippen LogP) is 2.86. The van der Waals surface area contributed by atoms with Crippen LogP contribution in [0.3, 0.4) is 0 Å². The molecule has 0 radical (unpaired) electrons. The highest BCUT2D eigenvalue weighted by atomic mass is 19.1. The van der Waals surface area contributed by atoms with E-state index in [-0.39, 0.29) is 17.8 Å². The number of benzene rings is 1. The third-order valence-electron chi connectivity index (χ3n) is 6.24. The summed E-state index contributed by atoms with van der Waals surface area (Å²) in [5, 5.41) is 12.8. The summed E-state index contributed by atoms with van der Waals surface area (Å²) in [6.45, 7) is 1.61. The van der Waals surface area contributed by atoms with Gasteiger partial charge in [0.05, 0.1) is 12.1 Å². The molecule has 2 atom stereocenters. The summed E-state index contributed by atoms with van der Waals surface area (Å²) < 4.78 is 42.3. The predicted molar refractivity (Wildman–Crippen MR) is 108 cm³/mol. The van der Waals surface area contributed by atoms with Crippen molar-refractivity contribution >= 4 is 11.8 Å². The van der Waals surface area contributed by atoms with Crippen molar-refractivity contribution in [3.8, 4) is 5.75 Å². The van der Waals surface area contributed by atoms with Gasteiger partial charge in [0.25, 0.3) is 11.8 Å². The molecule has 1 aliphatic heterocycles. The SMILES string of the molecule is CCN1C(=O)c2c(O)c(=O)c(C(=O)NCc3c(F)cc(F)cc3F)cn2[C@@H]2CCCC[C@@H]21. The highest BCUT2D eigenvalue weighted by molar-refractivity contribution is 5.99. The number of halogens is 3. The zero-order chi connectivity index (χ0) is 23.2. The lowest BCUT2D eigenvalue weighted by Gasteiger charge is -2.45. The number of pyridine rings is 1. The van der Waals surface area contributed by atoms with E-state index in [9.17, 15) is 32.7 Å². The Hall–Kier alpha value is -3.30. The normalized spacial score (nSPS) is 20.0. The zero-order valence-electron chi connectivity index (χ0n) is 17.3. The topological polar surface area (TPSA) is 91.6 Å². The lowest BCUT2D eigenvalue weighted by molar-refractivity contribution is 0.0442. The first-order chi connectivity index (χ1) is 15.2. The van der Waals surface area contributed by atoms with Gasteiger partial charge in [-0.3, -0.25) is 14.4 Å². The van der Waals surface area contributed by atoms with Gasteiger partial charge in [-0.1, -0.05) is 12.8 Å². The van der Waals surface area contributed by atoms with Gasteiger partial charge in [-0.15, -0.1) is 0 Å². The van der Waals surface area contributed by atoms with Gasteiger partial charge in [-0.25, -0.2) is 13.2 Å². The molecule has 1 saturated carbocycles. The first-order valence-corrected chi connectivity index (χ1v) is 10.4. The number of aromatic hydroxyl groups is 1. The van der Waals surface area contributed by atoms with Crippen LogP contribution in [-0.2, 0) is 6.54 Å². The van der Waals surface area contributed by atoms with Crippen LogP contribution < -0.4 is 10.7 Å². The lowest BCUT2D eigenvalue weighted by Crippen LogP contribution is -2.52. The van der Waals surface area contributed by atoms with Crippen molar-refractivity contribution in [1.29, 1.82) is 0 Å². The summed E-state index contributed by atoms with van der Waals surface area (Å²) in [6, 6.07) is 0.646. The molecule has 7 nitrogen and oxygen atoms in total. The van der Waals surface area contributed by atoms with Crippen LogP contribution in [0.15, 0.2) is 23.1 Å². The van der Waals surface area contributed by atoms with E-state index < -0.39 is 58.1 Å². The van der Waals surface area contributed by atoms with Crippen molar-refractivity contribution in [2.45, 2.75) is 51.2 Å². The number of rotatable bonds is 4. The molecule has 2 amide bonds. The van der Waals surface area contributed by atoms with Crippen LogP contribution in [0.4, 0.5) is 13.2 Å². The number of nitrogens with one attached hydrogen (secondary N) is 1. The van der Waals surface area contributed by atoms with E-state index in [1.807, 2.05) is 6.92 Å². The van der Waals surface area contributed by atoms with Crippen molar-refractivity contribution in [3.63, 3.8) is 0 Å². The maximum absolute atomic E-state index is 13.9. The van der Waals surface area contributed by atoms with Crippen LogP contribution in [0.25, 0.3) is 0 Å². The molecule has 2 aliphatic rings. The molecule has 32 heavy (non-hydrogen) atoms. The Bertz CT molecular complexity index is 1140. The Morgan fingerprint density at radius 1 is 1.12 bits per heavy atom. The van der Waals surface area contributed by atoms with Gasteiger partial charge in [-0.2, -0.15) is 0 Å². The summed E-state index contributed by atoms with van der Waals surface area (Å²) in [6.07, 6.45) is 4.54. The highest BCUT2D eigenvalue weighted by Gasteiger charge is 2.42. The smallest absolute Gasteiger partial charge is 0.274 e. The molecule has 0 bridgehead atoms. The Kier molecular flexibility index (Phi) is 5.70. The maximum Gasteiger partial charge on any atom is 0.274 e. The third kappa shape index (κ3) is 3.53. The highest BCUT2D eigenvalue weighted by Crippen LogP contribution is 2.39. The monoisotopic (exact) mass is 449 g/mol. The van der Waals surface area contributed by atoms with Crippen molar-refractivity contribution in [1.82, 2.24) is 14.8 Å². The minimum absolute atomic E-state index is 0.117. The third-order valence-corrected chi connectivity index (χ3v) is 6.24. The van der Waals surface area contributed by atoms with Gasteiger partial charge in [0.2, 0.25) is 5.43 Å². The first-order valence-electron chi connectivity index (χ1n) is 10.4. The van der Waals surface area contributed by atoms with Gasteiger partial charge < -0.3 is 19.9 Å². The number of likely N-dealkylation sites (N-methyl/N-ethyl adjacent to an activating group) is 1. The van der Waals surface area contributed by atoms with Crippen molar-refractivity contribution in [2.75, 3.05) is 6.54 Å². The molecule has 1 aromatic carbocycles. The van der Waals surface area contributed by atoms with Gasteiger partial charge in [0, 0.05) is 37.0 Å². The quantitative estimate of drug-likeness (QED) is 0.751. The molecular formula is C22H22F3N3O4. The van der Waals surface area contributed by atoms with E-state index in [0.29, 0.717) is 25.1 Å². The average molecular weight is 449 g/mol. The number of hydrogen-bond donors (Lipinski definition) is 2. The fourth-order valence-electron chi connectivity index (χ4n) is 4.70. The van der Waals surface area contributed by atoms with Crippen LogP contribution in [0.5, 0.6) is 5.75 Å². The summed E-state index contributed by atoms with van der Waals surface area (Å²) in [5.74, 6) is -5.73. The molecule has 10 heteroatoms. The number of carbonyl (C=O) groups excluding carboxylic acids is 2. The molecule has 0 saturated heterocycles. The second-order valence-electron chi connectivity index (χ2n) is 8.02. The number of nitrogens with zero attached hydrogens (tertiary/aromatic N) is 2. The van der Waals surface area contributed by atoms with Gasteiger partial charge in [0.1, 0.15) is 23.0 Å². The average Bonchev–Trinajstić information content (AvgIpc) is 2.75. The molecule has 0 unspecified atom stereocenters. The number of aromatic nitrogens is 1. The summed E-state index contributed by atoms with van der Waals surface area (Å²) >= 11 is 0. The molecule has 0 spiro atoms. The Morgan fingerprint density at radius 3 is 2.38 bits per heavy atom. The van der Waals surface area contributed by atoms with E-state index in [1.54, 1.807) is 4.90 Å². The Balaban J connectivity index is 1.70. The molecule has 1 aromatic heterocycles. The molecule has 170 valence electrons. The molecular weight excluding hydrogens is 427 g/mol. The van der Waals surface area contributed by atoms with E-state index in [4.69, 9.17) is 0 Å². The molecule has 1 fully saturated rings. The summed E-state index contributed by atoms with van der Waals surface area (Å²) in [4.78, 5) is 40.0. The van der Waals surface area contributed by atoms with Crippen LogP contribution >= 0.6 is 0 Å². The standard InChI is InChI=1S/C22H22F3N3O4/c1-2-27-16-5-3-4-6-17(16)28-10-13(19(29)20(30)18(28)22(27)32)21(31)26-9-12-14(24)7-11(23)8-15(12)25/h7-8,10,16-17,30H,2-6,9H2,1H3,(H,26,31)/t16-,17+/m0/s1. The number of amides is 2. The molecule has 2 N–H and O–H groups in total.